The monoisotopic (exact) mass is 922 g/mol. The first-order chi connectivity index (χ1) is 32.0. The Morgan fingerprint density at radius 2 is 1.03 bits per heavy atom. The van der Waals surface area contributed by atoms with Crippen LogP contribution < -0.4 is 20.5 Å². The molecule has 6 N–H and O–H groups in total. The summed E-state index contributed by atoms with van der Waals surface area (Å²) in [5.41, 5.74) is 5.77. The third kappa shape index (κ3) is 13.1. The Kier molecular flexibility index (Phi) is 15.9. The maximum atomic E-state index is 12.8. The molecule has 8 rings (SSSR count). The number of nitrogens with one attached hydrogen (secondary N) is 1. The van der Waals surface area contributed by atoms with E-state index in [1.807, 2.05) is 12.1 Å². The number of carboxylic acid groups (broad SMARTS) is 1. The molecular weight excluding hydrogens is 883 g/mol. The van der Waals surface area contributed by atoms with E-state index in [1.54, 1.807) is 97.3 Å². The first kappa shape index (κ1) is 48.6. The number of carboxylic acids is 1. The summed E-state index contributed by atoms with van der Waals surface area (Å²) < 4.78 is 87.4. The van der Waals surface area contributed by atoms with Gasteiger partial charge in [-0.25, -0.2) is 4.79 Å². The minimum absolute atomic E-state index is 0.0585. The fourth-order valence-corrected chi connectivity index (χ4v) is 6.36. The molecule has 17 heteroatoms. The Labute approximate surface area is 378 Å². The first-order valence-electron chi connectivity index (χ1n) is 20.1. The van der Waals surface area contributed by atoms with Gasteiger partial charge in [0, 0.05) is 28.7 Å². The van der Waals surface area contributed by atoms with Crippen molar-refractivity contribution in [2.75, 3.05) is 13.2 Å². The van der Waals surface area contributed by atoms with Gasteiger partial charge in [-0.05, 0) is 132 Å². The molecule has 0 saturated heterocycles. The number of rotatable bonds is 11. The molecule has 0 fully saturated rings. The Morgan fingerprint density at radius 1 is 0.567 bits per heavy atom. The number of aliphatic hydroxyl groups excluding tert-OH is 2. The number of carbonyl (C=O) groups is 2. The van der Waals surface area contributed by atoms with Crippen molar-refractivity contribution in [3.05, 3.63) is 204 Å². The molecule has 344 valence electrons. The van der Waals surface area contributed by atoms with Gasteiger partial charge in [-0.15, -0.1) is 0 Å². The zero-order chi connectivity index (χ0) is 48.1. The summed E-state index contributed by atoms with van der Waals surface area (Å²) in [7, 11) is 0. The molecule has 2 unspecified atom stereocenters. The molecule has 1 amide bonds. The van der Waals surface area contributed by atoms with Crippen molar-refractivity contribution in [3.63, 3.8) is 0 Å². The molecule has 2 heterocycles. The summed E-state index contributed by atoms with van der Waals surface area (Å²) in [6, 6.07) is 38.4. The summed E-state index contributed by atoms with van der Waals surface area (Å²) in [5, 5.41) is 32.8. The minimum atomic E-state index is -4.42. The van der Waals surface area contributed by atoms with Gasteiger partial charge in [0.15, 0.2) is 0 Å². The van der Waals surface area contributed by atoms with Crippen LogP contribution in [0.15, 0.2) is 170 Å². The fraction of sp³-hybridized carbons (Fsp3) is 0.120. The molecule has 0 radical (unpaired) electrons. The molecule has 0 saturated carbocycles. The van der Waals surface area contributed by atoms with E-state index >= 15 is 0 Å². The zero-order valence-electron chi connectivity index (χ0n) is 34.9. The van der Waals surface area contributed by atoms with Crippen LogP contribution in [0.1, 0.15) is 55.3 Å². The van der Waals surface area contributed by atoms with Crippen molar-refractivity contribution < 1.29 is 60.7 Å². The topological polar surface area (TPSA) is 177 Å². The number of nitrogens with two attached hydrogens (primary N) is 1. The van der Waals surface area contributed by atoms with Crippen LogP contribution in [0.2, 0.25) is 0 Å². The zero-order valence-corrected chi connectivity index (χ0v) is 34.9. The maximum Gasteiger partial charge on any atom is 0.416 e. The Morgan fingerprint density at radius 3 is 1.45 bits per heavy atom. The highest BCUT2D eigenvalue weighted by Crippen LogP contribution is 2.36. The molecular formula is C50H40F6N4O7. The summed E-state index contributed by atoms with van der Waals surface area (Å²) in [6.07, 6.45) is -5.57. The molecule has 2 aromatic heterocycles. The smallest absolute Gasteiger partial charge is 0.416 e. The fourth-order valence-electron chi connectivity index (χ4n) is 6.36. The predicted molar refractivity (Wildman–Crippen MR) is 238 cm³/mol. The van der Waals surface area contributed by atoms with Crippen molar-refractivity contribution >= 4 is 33.4 Å². The maximum absolute atomic E-state index is 12.8. The lowest BCUT2D eigenvalue weighted by Gasteiger charge is -2.16. The molecule has 8 aromatic rings. The van der Waals surface area contributed by atoms with Gasteiger partial charge in [-0.3, -0.25) is 14.8 Å². The van der Waals surface area contributed by atoms with Crippen molar-refractivity contribution in [1.82, 2.24) is 15.3 Å². The van der Waals surface area contributed by atoms with Gasteiger partial charge in [0.1, 0.15) is 23.0 Å². The lowest BCUT2D eigenvalue weighted by Crippen LogP contribution is -2.31. The molecule has 0 aliphatic rings. The Bertz CT molecular complexity index is 2900. The number of aromatic nitrogens is 2. The van der Waals surface area contributed by atoms with Crippen molar-refractivity contribution in [2.45, 2.75) is 24.4 Å². The van der Waals surface area contributed by atoms with Gasteiger partial charge < -0.3 is 35.8 Å². The second-order valence-electron chi connectivity index (χ2n) is 14.4. The van der Waals surface area contributed by atoms with Crippen molar-refractivity contribution in [3.8, 4) is 23.0 Å². The number of halogens is 6. The van der Waals surface area contributed by atoms with Crippen LogP contribution in [0.25, 0.3) is 21.5 Å². The minimum Gasteiger partial charge on any atom is -0.478 e. The molecule has 2 atom stereocenters. The number of nitrogens with zero attached hydrogens (tertiary/aromatic N) is 2. The van der Waals surface area contributed by atoms with Crippen LogP contribution in [0.3, 0.4) is 0 Å². The van der Waals surface area contributed by atoms with E-state index < -0.39 is 35.5 Å². The van der Waals surface area contributed by atoms with Crippen LogP contribution in [0.4, 0.5) is 26.3 Å². The molecule has 0 aliphatic heterocycles. The largest absolute Gasteiger partial charge is 0.478 e. The third-order valence-corrected chi connectivity index (χ3v) is 9.81. The number of alkyl halides is 6. The van der Waals surface area contributed by atoms with Gasteiger partial charge in [0.05, 0.1) is 53.4 Å². The van der Waals surface area contributed by atoms with Crippen LogP contribution in [0.5, 0.6) is 23.0 Å². The molecule has 0 bridgehead atoms. The summed E-state index contributed by atoms with van der Waals surface area (Å²) in [5.74, 6) is -0.0111. The normalized spacial score (nSPS) is 12.1. The van der Waals surface area contributed by atoms with E-state index in [-0.39, 0.29) is 42.2 Å². The van der Waals surface area contributed by atoms with E-state index in [1.165, 1.54) is 36.4 Å². The van der Waals surface area contributed by atoms with Crippen LogP contribution in [-0.2, 0) is 12.4 Å². The van der Waals surface area contributed by atoms with Gasteiger partial charge in [0.2, 0.25) is 0 Å². The van der Waals surface area contributed by atoms with Crippen LogP contribution >= 0.6 is 0 Å². The number of fused-ring (bicyclic) bond motifs is 2. The lowest BCUT2D eigenvalue weighted by molar-refractivity contribution is -0.138. The van der Waals surface area contributed by atoms with Gasteiger partial charge in [-0.2, -0.15) is 26.3 Å². The average Bonchev–Trinajstić information content (AvgIpc) is 3.33. The number of hydrogen-bond acceptors (Lipinski definition) is 9. The Balaban J connectivity index is 0.000000189. The molecule has 0 aliphatic carbocycles. The summed E-state index contributed by atoms with van der Waals surface area (Å²) in [6.45, 7) is -0.363. The second kappa shape index (κ2) is 21.9. The number of benzene rings is 6. The number of ether oxygens (including phenoxy) is 2. The quantitative estimate of drug-likeness (QED) is 0.0785. The van der Waals surface area contributed by atoms with Gasteiger partial charge in [0.25, 0.3) is 5.91 Å². The molecule has 6 aromatic carbocycles. The number of aliphatic hydroxyl groups is 2. The number of carbonyl (C=O) groups excluding carboxylic acids is 1. The van der Waals surface area contributed by atoms with Gasteiger partial charge >= 0.3 is 18.3 Å². The Hall–Kier alpha value is -7.86. The van der Waals surface area contributed by atoms with Crippen LogP contribution in [0, 0.1) is 0 Å². The highest BCUT2D eigenvalue weighted by molar-refractivity contribution is 6.00. The SMILES string of the molecule is NC(CO)c1ccccn1.O=C(NC(CO)c1ccccn1)c1ccc2c(Oc3ccc(C(F)(F)F)cc3)cccc2c1.O=C(O)c1ccc2c(Oc3ccc(C(F)(F)F)cc3)cccc2c1. The van der Waals surface area contributed by atoms with E-state index in [9.17, 15) is 41.0 Å². The number of amides is 1. The average molecular weight is 923 g/mol. The van der Waals surface area contributed by atoms with E-state index in [0.29, 0.717) is 44.3 Å². The van der Waals surface area contributed by atoms with E-state index in [4.69, 9.17) is 25.4 Å². The van der Waals surface area contributed by atoms with Crippen molar-refractivity contribution in [1.29, 1.82) is 0 Å². The number of hydrogen-bond donors (Lipinski definition) is 5. The standard InChI is InChI=1S/C25H19F3N2O3.C18H11F3O3.C7H10N2O/c26-25(27,28)18-8-10-19(11-9-18)33-23-6-3-4-16-14-17(7-12-20(16)23)24(32)30-22(15-31)21-5-1-2-13-29-21;19-18(20,21)13-5-7-14(8-6-13)24-16-3-1-2-11-10-12(17(22)23)4-9-15(11)16;8-6(5-10)7-3-1-2-4-9-7/h1-14,22,31H,15H2,(H,30,32);1-10H,(H,22,23);1-4,6,10H,5,8H2. The van der Waals surface area contributed by atoms with E-state index in [0.717, 1.165) is 30.0 Å². The highest BCUT2D eigenvalue weighted by Gasteiger charge is 2.31. The molecule has 0 spiro atoms. The van der Waals surface area contributed by atoms with Gasteiger partial charge in [-0.1, -0.05) is 36.4 Å². The van der Waals surface area contributed by atoms with Crippen LogP contribution in [-0.4, -0.2) is 50.4 Å². The summed E-state index contributed by atoms with van der Waals surface area (Å²) >= 11 is 0. The van der Waals surface area contributed by atoms with Crippen molar-refractivity contribution in [2.24, 2.45) is 5.73 Å². The molecule has 67 heavy (non-hydrogen) atoms. The van der Waals surface area contributed by atoms with E-state index in [2.05, 4.69) is 15.3 Å². The predicted octanol–water partition coefficient (Wildman–Crippen LogP) is 10.9. The number of pyridine rings is 2. The molecule has 11 nitrogen and oxygen atoms in total. The number of aromatic carboxylic acids is 1. The third-order valence-electron chi connectivity index (χ3n) is 9.81. The first-order valence-corrected chi connectivity index (χ1v) is 20.1. The highest BCUT2D eigenvalue weighted by atomic mass is 19.4. The lowest BCUT2D eigenvalue weighted by atomic mass is 10.0. The summed E-state index contributed by atoms with van der Waals surface area (Å²) in [4.78, 5) is 31.9. The second-order valence-corrected chi connectivity index (χ2v) is 14.4.